The van der Waals surface area contributed by atoms with Crippen molar-refractivity contribution in [2.45, 2.75) is 19.3 Å². The summed E-state index contributed by atoms with van der Waals surface area (Å²) in [6.45, 7) is 0.388. The van der Waals surface area contributed by atoms with Crippen molar-refractivity contribution in [2.24, 2.45) is 11.8 Å². The van der Waals surface area contributed by atoms with Gasteiger partial charge in [0.05, 0.1) is 5.92 Å². The molecule has 0 saturated heterocycles. The summed E-state index contributed by atoms with van der Waals surface area (Å²) in [5.74, 6) is 3.86. The van der Waals surface area contributed by atoms with Crippen molar-refractivity contribution in [3.05, 3.63) is 35.9 Å². The second-order valence-corrected chi connectivity index (χ2v) is 4.96. The van der Waals surface area contributed by atoms with Gasteiger partial charge in [0.15, 0.2) is 0 Å². The Morgan fingerprint density at radius 3 is 2.70 bits per heavy atom. The van der Waals surface area contributed by atoms with Gasteiger partial charge in [-0.25, -0.2) is 0 Å². The van der Waals surface area contributed by atoms with Crippen LogP contribution >= 0.6 is 0 Å². The van der Waals surface area contributed by atoms with Crippen molar-refractivity contribution in [3.63, 3.8) is 0 Å². The van der Waals surface area contributed by atoms with E-state index in [0.29, 0.717) is 13.0 Å². The Labute approximate surface area is 118 Å². The number of carboxylic acid groups (broad SMARTS) is 1. The maximum atomic E-state index is 11.6. The van der Waals surface area contributed by atoms with Crippen molar-refractivity contribution in [2.75, 3.05) is 6.54 Å². The van der Waals surface area contributed by atoms with Gasteiger partial charge in [0.25, 0.3) is 5.91 Å². The number of carboxylic acids is 1. The van der Waals surface area contributed by atoms with Gasteiger partial charge < -0.3 is 10.4 Å². The topological polar surface area (TPSA) is 66.4 Å². The highest BCUT2D eigenvalue weighted by Crippen LogP contribution is 2.31. The van der Waals surface area contributed by atoms with Crippen LogP contribution in [0.5, 0.6) is 0 Å². The maximum absolute atomic E-state index is 11.6. The van der Waals surface area contributed by atoms with Crippen molar-refractivity contribution in [3.8, 4) is 11.8 Å². The average molecular weight is 271 g/mol. The summed E-state index contributed by atoms with van der Waals surface area (Å²) in [7, 11) is 0. The molecule has 0 spiro atoms. The second kappa shape index (κ2) is 6.76. The fourth-order valence-corrected chi connectivity index (χ4v) is 2.52. The predicted molar refractivity (Wildman–Crippen MR) is 74.8 cm³/mol. The van der Waals surface area contributed by atoms with E-state index >= 15 is 0 Å². The molecule has 1 aromatic rings. The number of nitrogens with one attached hydrogen (secondary N) is 1. The molecule has 1 saturated carbocycles. The first-order chi connectivity index (χ1) is 9.66. The van der Waals surface area contributed by atoms with E-state index in [4.69, 9.17) is 5.11 Å². The van der Waals surface area contributed by atoms with Crippen molar-refractivity contribution >= 4 is 11.9 Å². The number of amides is 1. The van der Waals surface area contributed by atoms with Crippen LogP contribution in [0.2, 0.25) is 0 Å². The Morgan fingerprint density at radius 1 is 1.25 bits per heavy atom. The standard InChI is InChI=1S/C16H17NO3/c18-15(10-9-12-5-2-1-3-6-12)17-11-13-7-4-8-14(13)16(19)20/h1-3,5-6,13-14H,4,7-8,11H2,(H,17,18)(H,19,20). The summed E-state index contributed by atoms with van der Waals surface area (Å²) >= 11 is 0. The lowest BCUT2D eigenvalue weighted by molar-refractivity contribution is -0.143. The van der Waals surface area contributed by atoms with Crippen LogP contribution in [0, 0.1) is 23.7 Å². The van der Waals surface area contributed by atoms with E-state index in [1.807, 2.05) is 30.3 Å². The molecule has 1 amide bonds. The van der Waals surface area contributed by atoms with E-state index in [-0.39, 0.29) is 17.7 Å². The minimum absolute atomic E-state index is 0.0231. The molecule has 1 aliphatic carbocycles. The third-order valence-electron chi connectivity index (χ3n) is 3.60. The maximum Gasteiger partial charge on any atom is 0.306 e. The van der Waals surface area contributed by atoms with Gasteiger partial charge in [0.1, 0.15) is 0 Å². The van der Waals surface area contributed by atoms with Gasteiger partial charge in [0, 0.05) is 18.0 Å². The highest BCUT2D eigenvalue weighted by atomic mass is 16.4. The van der Waals surface area contributed by atoms with Gasteiger partial charge in [-0.1, -0.05) is 30.5 Å². The summed E-state index contributed by atoms with van der Waals surface area (Å²) in [5.41, 5.74) is 0.784. The lowest BCUT2D eigenvalue weighted by atomic mass is 9.96. The van der Waals surface area contributed by atoms with Crippen molar-refractivity contribution in [1.29, 1.82) is 0 Å². The summed E-state index contributed by atoms with van der Waals surface area (Å²) in [6.07, 6.45) is 2.46. The number of hydrogen-bond acceptors (Lipinski definition) is 2. The predicted octanol–water partition coefficient (Wildman–Crippen LogP) is 1.66. The number of benzene rings is 1. The Hall–Kier alpha value is -2.28. The molecule has 2 N–H and O–H groups in total. The van der Waals surface area contributed by atoms with E-state index < -0.39 is 5.97 Å². The quantitative estimate of drug-likeness (QED) is 0.822. The first-order valence-electron chi connectivity index (χ1n) is 6.74. The fraction of sp³-hybridized carbons (Fsp3) is 0.375. The number of carbonyl (C=O) groups is 2. The molecule has 2 unspecified atom stereocenters. The van der Waals surface area contributed by atoms with Gasteiger partial charge in [-0.15, -0.1) is 0 Å². The number of carbonyl (C=O) groups excluding carboxylic acids is 1. The van der Waals surface area contributed by atoms with E-state index in [0.717, 1.165) is 18.4 Å². The Morgan fingerprint density at radius 2 is 2.00 bits per heavy atom. The molecule has 0 aromatic heterocycles. The third kappa shape index (κ3) is 3.86. The normalized spacial score (nSPS) is 20.8. The molecular formula is C16H17NO3. The van der Waals surface area contributed by atoms with Gasteiger partial charge in [-0.3, -0.25) is 9.59 Å². The molecule has 0 bridgehead atoms. The van der Waals surface area contributed by atoms with Gasteiger partial charge in [-0.2, -0.15) is 0 Å². The van der Waals surface area contributed by atoms with E-state index in [1.54, 1.807) is 0 Å². The molecule has 0 aliphatic heterocycles. The van der Waals surface area contributed by atoms with Crippen LogP contribution < -0.4 is 5.32 Å². The molecule has 1 aromatic carbocycles. The largest absolute Gasteiger partial charge is 0.481 e. The average Bonchev–Trinajstić information content (AvgIpc) is 2.92. The molecule has 1 fully saturated rings. The molecule has 104 valence electrons. The highest BCUT2D eigenvalue weighted by molar-refractivity contribution is 5.94. The number of hydrogen-bond donors (Lipinski definition) is 2. The SMILES string of the molecule is O=C(C#Cc1ccccc1)NCC1CCCC1C(=O)O. The Balaban J connectivity index is 1.84. The zero-order valence-corrected chi connectivity index (χ0v) is 11.1. The van der Waals surface area contributed by atoms with Crippen LogP contribution in [0.1, 0.15) is 24.8 Å². The lowest BCUT2D eigenvalue weighted by Crippen LogP contribution is -2.32. The van der Waals surface area contributed by atoms with Crippen LogP contribution in [-0.2, 0) is 9.59 Å². The van der Waals surface area contributed by atoms with E-state index in [1.165, 1.54) is 0 Å². The molecule has 2 atom stereocenters. The first kappa shape index (κ1) is 14.1. The molecule has 0 radical (unpaired) electrons. The van der Waals surface area contributed by atoms with Crippen LogP contribution in [0.3, 0.4) is 0 Å². The lowest BCUT2D eigenvalue weighted by Gasteiger charge is -2.15. The van der Waals surface area contributed by atoms with Crippen LogP contribution in [0.4, 0.5) is 0 Å². The third-order valence-corrected chi connectivity index (χ3v) is 3.60. The smallest absolute Gasteiger partial charge is 0.306 e. The monoisotopic (exact) mass is 271 g/mol. The summed E-state index contributed by atoms with van der Waals surface area (Å²) in [5, 5.41) is 11.8. The molecule has 2 rings (SSSR count). The molecule has 0 heterocycles. The molecule has 1 aliphatic rings. The highest BCUT2D eigenvalue weighted by Gasteiger charge is 2.32. The van der Waals surface area contributed by atoms with Crippen molar-refractivity contribution in [1.82, 2.24) is 5.32 Å². The minimum atomic E-state index is -0.767. The van der Waals surface area contributed by atoms with Gasteiger partial charge in [-0.05, 0) is 30.9 Å². The number of aliphatic carboxylic acids is 1. The van der Waals surface area contributed by atoms with Gasteiger partial charge in [0.2, 0.25) is 0 Å². The summed E-state index contributed by atoms with van der Waals surface area (Å²) in [6, 6.07) is 9.27. The van der Waals surface area contributed by atoms with E-state index in [9.17, 15) is 9.59 Å². The fourth-order valence-electron chi connectivity index (χ4n) is 2.52. The number of rotatable bonds is 3. The van der Waals surface area contributed by atoms with Gasteiger partial charge >= 0.3 is 5.97 Å². The zero-order chi connectivity index (χ0) is 14.4. The summed E-state index contributed by atoms with van der Waals surface area (Å²) in [4.78, 5) is 22.6. The summed E-state index contributed by atoms with van der Waals surface area (Å²) < 4.78 is 0. The Kier molecular flexibility index (Phi) is 4.78. The zero-order valence-electron chi connectivity index (χ0n) is 11.1. The first-order valence-corrected chi connectivity index (χ1v) is 6.74. The second-order valence-electron chi connectivity index (χ2n) is 4.96. The van der Waals surface area contributed by atoms with Crippen molar-refractivity contribution < 1.29 is 14.7 Å². The Bertz CT molecular complexity index is 542. The molecule has 4 heteroatoms. The minimum Gasteiger partial charge on any atom is -0.481 e. The van der Waals surface area contributed by atoms with Crippen LogP contribution in [0.25, 0.3) is 0 Å². The molecule has 20 heavy (non-hydrogen) atoms. The van der Waals surface area contributed by atoms with Crippen LogP contribution in [-0.4, -0.2) is 23.5 Å². The van der Waals surface area contributed by atoms with Crippen LogP contribution in [0.15, 0.2) is 30.3 Å². The van der Waals surface area contributed by atoms with E-state index in [2.05, 4.69) is 17.2 Å². The molecular weight excluding hydrogens is 254 g/mol. The molecule has 4 nitrogen and oxygen atoms in total.